The highest BCUT2D eigenvalue weighted by Gasteiger charge is 2.18. The molecule has 0 saturated carbocycles. The van der Waals surface area contributed by atoms with E-state index in [-0.39, 0.29) is 5.82 Å². The number of rotatable bonds is 28. The van der Waals surface area contributed by atoms with E-state index in [1.807, 2.05) is 121 Å². The van der Waals surface area contributed by atoms with E-state index in [0.29, 0.717) is 83.5 Å². The Bertz CT molecular complexity index is 6560. The van der Waals surface area contributed by atoms with Crippen LogP contribution in [0.15, 0.2) is 415 Å². The Kier molecular flexibility index (Phi) is 37.7. The second-order valence-corrected chi connectivity index (χ2v) is 36.4. The lowest BCUT2D eigenvalue weighted by atomic mass is 10.2. The Labute approximate surface area is 833 Å². The molecule has 14 aromatic heterocycles. The van der Waals surface area contributed by atoms with E-state index in [0.717, 1.165) is 89.6 Å². The van der Waals surface area contributed by atoms with Gasteiger partial charge in [0.1, 0.15) is 5.82 Å². The first-order valence-electron chi connectivity index (χ1n) is 42.6. The van der Waals surface area contributed by atoms with Gasteiger partial charge in [0, 0.05) is 165 Å². The third-order valence-electron chi connectivity index (χ3n) is 19.0. The topological polar surface area (TPSA) is 363 Å². The summed E-state index contributed by atoms with van der Waals surface area (Å²) in [5, 5.41) is 61.1. The van der Waals surface area contributed by atoms with Gasteiger partial charge in [-0.1, -0.05) is 268 Å². The molecule has 0 aliphatic heterocycles. The van der Waals surface area contributed by atoms with Gasteiger partial charge < -0.3 is 30.9 Å². The molecule has 0 fully saturated rings. The van der Waals surface area contributed by atoms with Gasteiger partial charge in [-0.05, 0) is 176 Å². The maximum Gasteiger partial charge on any atom is 0.277 e. The monoisotopic (exact) mass is 1990 g/mol. The van der Waals surface area contributed by atoms with E-state index in [1.54, 1.807) is 105 Å². The molecule has 0 radical (unpaired) electrons. The van der Waals surface area contributed by atoms with Crippen LogP contribution in [0.5, 0.6) is 0 Å². The molecule has 0 atom stereocenters. The van der Waals surface area contributed by atoms with Crippen LogP contribution in [0.25, 0.3) is 80.2 Å². The second kappa shape index (κ2) is 53.1. The minimum Gasteiger partial charge on any atom is -0.411 e. The maximum absolute atomic E-state index is 13.1. The van der Waals surface area contributed by atoms with Gasteiger partial charge in [-0.3, -0.25) is 34.9 Å². The van der Waals surface area contributed by atoms with E-state index >= 15 is 0 Å². The molecule has 14 heterocycles. The van der Waals surface area contributed by atoms with Gasteiger partial charge in [0.05, 0.1) is 5.56 Å². The predicted octanol–water partition coefficient (Wildman–Crippen LogP) is 26.0. The second-order valence-electron chi connectivity index (χ2n) is 29.5. The Morgan fingerprint density at radius 3 is 0.683 bits per heavy atom. The van der Waals surface area contributed by atoms with Gasteiger partial charge in [-0.2, -0.15) is 0 Å². The van der Waals surface area contributed by atoms with E-state index in [2.05, 4.69) is 243 Å². The van der Waals surface area contributed by atoms with Gasteiger partial charge in [0.25, 0.3) is 36.6 Å². The number of hydrogen-bond acceptors (Lipinski definition) is 35. The normalized spacial score (nSPS) is 10.6. The fourth-order valence-corrected chi connectivity index (χ4v) is 17.0. The summed E-state index contributed by atoms with van der Waals surface area (Å²) in [5.41, 5.74) is 19.3. The number of nitrogens with zero attached hydrogens (tertiary/aromatic N) is 21. The van der Waals surface area contributed by atoms with Crippen LogP contribution in [0.4, 0.5) is 4.39 Å². The average Bonchev–Trinajstić information content (AvgIpc) is 1.75. The van der Waals surface area contributed by atoms with Crippen molar-refractivity contribution in [2.45, 2.75) is 105 Å². The summed E-state index contributed by atoms with van der Waals surface area (Å²) in [5.74, 6) is 8.72. The Hall–Kier alpha value is -14.8. The predicted molar refractivity (Wildman–Crippen MR) is 539 cm³/mol. The van der Waals surface area contributed by atoms with E-state index in [9.17, 15) is 4.39 Å². The molecule has 0 spiro atoms. The SMILES string of the molecule is Cc1ccc(CSc2nnc(-c3cccnc3)o2)cc1.Cc1ccc(CSc2nnc(-c3ccncc3)o2)cc1.Cc1ccc(CSc2nnc(-c3ccncc3)o2)cc1.Cc1ccc(CSc2nnc(-c3ccncc3)o2)cc1.Clc1cccc(CSc2nnc(-c3ccncc3)o2)c1.Fc1cccc(CSc2nnc(-c3ccncc3)o2)c1.c1ccc(CSc2nnc(-c3ccncc3)o2)cc1. The zero-order valence-corrected chi connectivity index (χ0v) is 81.2. The Balaban J connectivity index is 0.000000123. The van der Waals surface area contributed by atoms with Crippen molar-refractivity contribution < 1.29 is 35.3 Å². The van der Waals surface area contributed by atoms with Gasteiger partial charge in [0.15, 0.2) is 0 Å². The number of aryl methyl sites for hydroxylation is 4. The Morgan fingerprint density at radius 1 is 0.209 bits per heavy atom. The van der Waals surface area contributed by atoms with Crippen LogP contribution >= 0.6 is 93.9 Å². The van der Waals surface area contributed by atoms with Crippen molar-refractivity contribution >= 4 is 93.9 Å². The third kappa shape index (κ3) is 32.7. The zero-order valence-electron chi connectivity index (χ0n) is 74.7. The lowest BCUT2D eigenvalue weighted by Crippen LogP contribution is -1.82. The molecular weight excluding hydrogens is 1910 g/mol. The quantitative estimate of drug-likeness (QED) is 0.0411. The first-order valence-corrected chi connectivity index (χ1v) is 49.9. The molecule has 0 unspecified atom stereocenters. The molecule has 0 bridgehead atoms. The summed E-state index contributed by atoms with van der Waals surface area (Å²) >= 11 is 16.5. The summed E-state index contributed by atoms with van der Waals surface area (Å²) in [7, 11) is 0. The fourth-order valence-electron chi connectivity index (χ4n) is 11.7. The molecule has 0 N–H and O–H groups in total. The van der Waals surface area contributed by atoms with Crippen LogP contribution in [0.2, 0.25) is 5.02 Å². The zero-order chi connectivity index (χ0) is 95.6. The largest absolute Gasteiger partial charge is 0.411 e. The highest BCUT2D eigenvalue weighted by molar-refractivity contribution is 7.99. The molecule has 21 aromatic rings. The number of halogens is 2. The molecular formula is C102H83ClFN21O7S7. The first kappa shape index (κ1) is 98.7. The lowest BCUT2D eigenvalue weighted by Gasteiger charge is -1.98. The van der Waals surface area contributed by atoms with E-state index < -0.39 is 0 Å². The van der Waals surface area contributed by atoms with Crippen molar-refractivity contribution in [3.63, 3.8) is 0 Å². The molecule has 694 valence electrons. The number of benzene rings is 7. The minimum absolute atomic E-state index is 0.244. The molecule has 28 nitrogen and oxygen atoms in total. The molecule has 0 aliphatic carbocycles. The van der Waals surface area contributed by atoms with Crippen LogP contribution in [0.1, 0.15) is 61.2 Å². The average molecular weight is 1990 g/mol. The molecule has 0 aliphatic rings. The number of pyridine rings is 7. The van der Waals surface area contributed by atoms with Gasteiger partial charge in [-0.25, -0.2) is 4.39 Å². The highest BCUT2D eigenvalue weighted by Crippen LogP contribution is 2.34. The Morgan fingerprint density at radius 2 is 0.439 bits per heavy atom. The van der Waals surface area contributed by atoms with Gasteiger partial charge >= 0.3 is 0 Å². The van der Waals surface area contributed by atoms with Crippen molar-refractivity contribution in [1.82, 2.24) is 106 Å². The highest BCUT2D eigenvalue weighted by atomic mass is 35.5. The first-order chi connectivity index (χ1) is 68.3. The smallest absolute Gasteiger partial charge is 0.277 e. The maximum atomic E-state index is 13.1. The van der Waals surface area contributed by atoms with Crippen molar-refractivity contribution in [3.8, 4) is 80.2 Å². The molecule has 0 amide bonds. The van der Waals surface area contributed by atoms with Crippen LogP contribution < -0.4 is 0 Å². The molecule has 0 saturated heterocycles. The summed E-state index contributed by atoms with van der Waals surface area (Å²) in [6, 6.07) is 83.9. The van der Waals surface area contributed by atoms with E-state index in [4.69, 9.17) is 42.5 Å². The molecule has 37 heteroatoms. The third-order valence-corrected chi connectivity index (χ3v) is 25.4. The number of hydrogen-bond donors (Lipinski definition) is 0. The van der Waals surface area contributed by atoms with Gasteiger partial charge in [0.2, 0.25) is 41.2 Å². The standard InChI is InChI=1S/4C15H13N3OS.C14H10ClN3OS.C14H10FN3OS.C14H11N3OS/c3*1-11-2-4-12(5-3-11)10-20-15-18-17-14(19-15)13-6-8-16-9-7-13;1-11-4-6-12(7-5-11)10-20-15-18-17-14(19-15)13-3-2-8-16-9-13;2*15-12-3-1-2-10(8-12)9-20-14-18-17-13(19-14)11-4-6-16-7-5-11;1-2-4-11(5-3-1)10-19-14-17-16-13(18-14)12-6-8-15-9-7-12/h4*2-9H,10H2,1H3;2*1-8H,9H2;1-9H,10H2. The fraction of sp³-hybridized carbons (Fsp3) is 0.108. The summed E-state index contributed by atoms with van der Waals surface area (Å²) in [6.45, 7) is 8.32. The lowest BCUT2D eigenvalue weighted by molar-refractivity contribution is 0.465. The van der Waals surface area contributed by atoms with Crippen LogP contribution in [-0.4, -0.2) is 106 Å². The molecule has 21 rings (SSSR count). The van der Waals surface area contributed by atoms with Crippen molar-refractivity contribution in [2.75, 3.05) is 0 Å². The van der Waals surface area contributed by atoms with Crippen molar-refractivity contribution in [2.24, 2.45) is 0 Å². The minimum atomic E-state index is -0.244. The van der Waals surface area contributed by atoms with Crippen molar-refractivity contribution in [1.29, 1.82) is 0 Å². The van der Waals surface area contributed by atoms with Crippen LogP contribution in [0.3, 0.4) is 0 Å². The molecule has 139 heavy (non-hydrogen) atoms. The van der Waals surface area contributed by atoms with Crippen molar-refractivity contribution in [3.05, 3.63) is 420 Å². The van der Waals surface area contributed by atoms with Crippen LogP contribution in [-0.2, 0) is 40.3 Å². The van der Waals surface area contributed by atoms with Crippen LogP contribution in [0, 0.1) is 33.5 Å². The summed E-state index contributed by atoms with van der Waals surface area (Å²) in [6.07, 6.45) is 23.8. The van der Waals surface area contributed by atoms with E-state index in [1.165, 1.54) is 145 Å². The number of aromatic nitrogens is 21. The summed E-state index contributed by atoms with van der Waals surface area (Å²) < 4.78 is 52.3. The molecule has 7 aromatic carbocycles. The number of thioether (sulfide) groups is 7. The summed E-state index contributed by atoms with van der Waals surface area (Å²) in [4.78, 5) is 27.8. The van der Waals surface area contributed by atoms with Gasteiger partial charge in [-0.15, -0.1) is 71.4 Å².